The van der Waals surface area contributed by atoms with Gasteiger partial charge in [-0.15, -0.1) is 0 Å². The Bertz CT molecular complexity index is 433. The Morgan fingerprint density at radius 1 is 1.53 bits per heavy atom. The van der Waals surface area contributed by atoms with E-state index in [1.54, 1.807) is 11.3 Å². The number of aromatic nitrogens is 2. The lowest BCUT2D eigenvalue weighted by atomic mass is 10.1. The minimum absolute atomic E-state index is 0.613. The number of aryl methyl sites for hydroxylation is 1. The normalized spacial score (nSPS) is 12.8. The zero-order valence-electron chi connectivity index (χ0n) is 10.4. The van der Waals surface area contributed by atoms with E-state index >= 15 is 0 Å². The molecule has 0 aromatic carbocycles. The summed E-state index contributed by atoms with van der Waals surface area (Å²) in [6, 6.07) is 2.17. The van der Waals surface area contributed by atoms with Crippen LogP contribution in [-0.2, 0) is 13.1 Å². The van der Waals surface area contributed by atoms with E-state index in [0.29, 0.717) is 5.92 Å². The van der Waals surface area contributed by atoms with E-state index in [0.717, 1.165) is 25.5 Å². The van der Waals surface area contributed by atoms with E-state index in [-0.39, 0.29) is 0 Å². The summed E-state index contributed by atoms with van der Waals surface area (Å²) in [6.07, 6.45) is 3.91. The second kappa shape index (κ2) is 5.98. The summed E-state index contributed by atoms with van der Waals surface area (Å²) in [4.78, 5) is 4.23. The van der Waals surface area contributed by atoms with E-state index in [4.69, 9.17) is 0 Å². The quantitative estimate of drug-likeness (QED) is 0.853. The van der Waals surface area contributed by atoms with Gasteiger partial charge in [-0.3, -0.25) is 0 Å². The van der Waals surface area contributed by atoms with Crippen molar-refractivity contribution in [3.8, 4) is 0 Å². The molecule has 0 saturated heterocycles. The van der Waals surface area contributed by atoms with Gasteiger partial charge >= 0.3 is 0 Å². The molecule has 0 aliphatic carbocycles. The Hall–Kier alpha value is -1.13. The lowest BCUT2D eigenvalue weighted by Crippen LogP contribution is -2.23. The molecule has 1 atom stereocenters. The monoisotopic (exact) mass is 249 g/mol. The summed E-state index contributed by atoms with van der Waals surface area (Å²) in [7, 11) is 0. The predicted molar refractivity (Wildman–Crippen MR) is 72.2 cm³/mol. The SMILES string of the molecule is Cc1nccn1CC(C)CNCc1ccsc1. The number of nitrogens with zero attached hydrogens (tertiary/aromatic N) is 2. The maximum Gasteiger partial charge on any atom is 0.105 e. The number of hydrogen-bond acceptors (Lipinski definition) is 3. The van der Waals surface area contributed by atoms with Crippen molar-refractivity contribution in [2.75, 3.05) is 6.54 Å². The van der Waals surface area contributed by atoms with Gasteiger partial charge < -0.3 is 9.88 Å². The van der Waals surface area contributed by atoms with Crippen LogP contribution in [0, 0.1) is 12.8 Å². The van der Waals surface area contributed by atoms with Crippen molar-refractivity contribution in [3.05, 3.63) is 40.6 Å². The van der Waals surface area contributed by atoms with Crippen molar-refractivity contribution >= 4 is 11.3 Å². The Morgan fingerprint density at radius 3 is 3.06 bits per heavy atom. The average Bonchev–Trinajstić information content (AvgIpc) is 2.92. The summed E-state index contributed by atoms with van der Waals surface area (Å²) in [5.74, 6) is 1.70. The average molecular weight is 249 g/mol. The van der Waals surface area contributed by atoms with Crippen LogP contribution in [0.1, 0.15) is 18.3 Å². The Kier molecular flexibility index (Phi) is 4.34. The Labute approximate surface area is 107 Å². The number of thiophene rings is 1. The smallest absolute Gasteiger partial charge is 0.105 e. The number of imidazole rings is 1. The van der Waals surface area contributed by atoms with Crippen LogP contribution in [0.4, 0.5) is 0 Å². The first-order valence-corrected chi connectivity index (χ1v) is 6.89. The van der Waals surface area contributed by atoms with Crippen molar-refractivity contribution in [2.24, 2.45) is 5.92 Å². The standard InChI is InChI=1S/C13H19N3S/c1-11(9-16-5-4-15-12(16)2)7-14-8-13-3-6-17-10-13/h3-6,10-11,14H,7-9H2,1-2H3. The van der Waals surface area contributed by atoms with Gasteiger partial charge in [0.15, 0.2) is 0 Å². The van der Waals surface area contributed by atoms with Crippen molar-refractivity contribution in [3.63, 3.8) is 0 Å². The van der Waals surface area contributed by atoms with E-state index in [1.807, 2.05) is 19.3 Å². The van der Waals surface area contributed by atoms with Crippen LogP contribution >= 0.6 is 11.3 Å². The van der Waals surface area contributed by atoms with Gasteiger partial charge in [0.25, 0.3) is 0 Å². The van der Waals surface area contributed by atoms with Crippen LogP contribution < -0.4 is 5.32 Å². The molecule has 0 radical (unpaired) electrons. The lowest BCUT2D eigenvalue weighted by Gasteiger charge is -2.14. The molecule has 3 nitrogen and oxygen atoms in total. The molecule has 2 rings (SSSR count). The molecule has 4 heteroatoms. The molecule has 0 fully saturated rings. The van der Waals surface area contributed by atoms with Gasteiger partial charge in [-0.05, 0) is 41.8 Å². The Balaban J connectivity index is 1.71. The summed E-state index contributed by atoms with van der Waals surface area (Å²) in [6.45, 7) is 7.35. The van der Waals surface area contributed by atoms with Gasteiger partial charge in [0.1, 0.15) is 5.82 Å². The zero-order chi connectivity index (χ0) is 12.1. The number of rotatable bonds is 6. The molecule has 0 amide bonds. The topological polar surface area (TPSA) is 29.9 Å². The van der Waals surface area contributed by atoms with Crippen molar-refractivity contribution < 1.29 is 0 Å². The second-order valence-electron chi connectivity index (χ2n) is 4.49. The molecule has 0 aliphatic rings. The van der Waals surface area contributed by atoms with Crippen molar-refractivity contribution in [1.82, 2.24) is 14.9 Å². The minimum Gasteiger partial charge on any atom is -0.335 e. The first kappa shape index (κ1) is 12.3. The van der Waals surface area contributed by atoms with Gasteiger partial charge in [-0.2, -0.15) is 11.3 Å². The van der Waals surface area contributed by atoms with E-state index in [1.165, 1.54) is 5.56 Å². The molecular formula is C13H19N3S. The van der Waals surface area contributed by atoms with Crippen LogP contribution in [0.15, 0.2) is 29.2 Å². The molecule has 0 aliphatic heterocycles. The highest BCUT2D eigenvalue weighted by molar-refractivity contribution is 7.07. The van der Waals surface area contributed by atoms with Crippen LogP contribution in [0.2, 0.25) is 0 Å². The molecule has 2 aromatic heterocycles. The molecule has 0 spiro atoms. The predicted octanol–water partition coefficient (Wildman–Crippen LogP) is 2.68. The highest BCUT2D eigenvalue weighted by atomic mass is 32.1. The van der Waals surface area contributed by atoms with Gasteiger partial charge in [-0.1, -0.05) is 6.92 Å². The molecule has 92 valence electrons. The third-order valence-electron chi connectivity index (χ3n) is 2.83. The first-order chi connectivity index (χ1) is 8.25. The van der Waals surface area contributed by atoms with Crippen LogP contribution in [0.5, 0.6) is 0 Å². The second-order valence-corrected chi connectivity index (χ2v) is 5.27. The largest absolute Gasteiger partial charge is 0.335 e. The molecule has 17 heavy (non-hydrogen) atoms. The Morgan fingerprint density at radius 2 is 2.41 bits per heavy atom. The fraction of sp³-hybridized carbons (Fsp3) is 0.462. The van der Waals surface area contributed by atoms with Crippen LogP contribution in [0.3, 0.4) is 0 Å². The molecule has 0 bridgehead atoms. The molecular weight excluding hydrogens is 230 g/mol. The number of hydrogen-bond donors (Lipinski definition) is 1. The summed E-state index contributed by atoms with van der Waals surface area (Å²) in [5.41, 5.74) is 1.38. The molecule has 1 unspecified atom stereocenters. The fourth-order valence-electron chi connectivity index (χ4n) is 1.85. The summed E-state index contributed by atoms with van der Waals surface area (Å²) in [5, 5.41) is 7.80. The highest BCUT2D eigenvalue weighted by Crippen LogP contribution is 2.06. The molecule has 2 aromatic rings. The van der Waals surface area contributed by atoms with Crippen LogP contribution in [-0.4, -0.2) is 16.1 Å². The van der Waals surface area contributed by atoms with Gasteiger partial charge in [0, 0.05) is 25.5 Å². The lowest BCUT2D eigenvalue weighted by molar-refractivity contribution is 0.440. The minimum atomic E-state index is 0.613. The molecule has 2 heterocycles. The fourth-order valence-corrected chi connectivity index (χ4v) is 2.52. The van der Waals surface area contributed by atoms with E-state index < -0.39 is 0 Å². The highest BCUT2D eigenvalue weighted by Gasteiger charge is 2.04. The van der Waals surface area contributed by atoms with E-state index in [9.17, 15) is 0 Å². The van der Waals surface area contributed by atoms with Gasteiger partial charge in [0.2, 0.25) is 0 Å². The van der Waals surface area contributed by atoms with E-state index in [2.05, 4.69) is 38.6 Å². The molecule has 0 saturated carbocycles. The van der Waals surface area contributed by atoms with Crippen molar-refractivity contribution in [2.45, 2.75) is 26.9 Å². The maximum atomic E-state index is 4.23. The van der Waals surface area contributed by atoms with Gasteiger partial charge in [-0.25, -0.2) is 4.98 Å². The molecule has 1 N–H and O–H groups in total. The summed E-state index contributed by atoms with van der Waals surface area (Å²) < 4.78 is 2.21. The van der Waals surface area contributed by atoms with Crippen molar-refractivity contribution in [1.29, 1.82) is 0 Å². The van der Waals surface area contributed by atoms with Crippen LogP contribution in [0.25, 0.3) is 0 Å². The zero-order valence-corrected chi connectivity index (χ0v) is 11.2. The first-order valence-electron chi connectivity index (χ1n) is 5.95. The maximum absolute atomic E-state index is 4.23. The number of nitrogens with one attached hydrogen (secondary N) is 1. The third-order valence-corrected chi connectivity index (χ3v) is 3.57. The van der Waals surface area contributed by atoms with Gasteiger partial charge in [0.05, 0.1) is 0 Å². The third kappa shape index (κ3) is 3.68. The summed E-state index contributed by atoms with van der Waals surface area (Å²) >= 11 is 1.75.